The molecule has 0 radical (unpaired) electrons. The van der Waals surface area contributed by atoms with Crippen molar-refractivity contribution in [3.63, 3.8) is 0 Å². The minimum absolute atomic E-state index is 0.387. The summed E-state index contributed by atoms with van der Waals surface area (Å²) in [6, 6.07) is 0.387. The fraction of sp³-hybridized carbons (Fsp3) is 1.00. The van der Waals surface area contributed by atoms with Crippen LogP contribution in [0.15, 0.2) is 0 Å². The fourth-order valence-corrected chi connectivity index (χ4v) is 3.41. The lowest BCUT2D eigenvalue weighted by atomic mass is 10.0. The van der Waals surface area contributed by atoms with Gasteiger partial charge in [0.15, 0.2) is 0 Å². The summed E-state index contributed by atoms with van der Waals surface area (Å²) in [6.07, 6.45) is 25.3. The van der Waals surface area contributed by atoms with Gasteiger partial charge in [0.2, 0.25) is 0 Å². The highest BCUT2D eigenvalue weighted by molar-refractivity contribution is 4.60. The van der Waals surface area contributed by atoms with Gasteiger partial charge in [-0.1, -0.05) is 110 Å². The molecule has 2 heteroatoms. The number of unbranched alkanes of at least 4 members (excludes halogenated alkanes) is 15. The van der Waals surface area contributed by atoms with Crippen LogP contribution in [0.4, 0.5) is 0 Å². The lowest BCUT2D eigenvalue weighted by Crippen LogP contribution is -2.26. The maximum Gasteiger partial charge on any atom is 0.00482 e. The second-order valence-corrected chi connectivity index (χ2v) is 8.01. The SMILES string of the molecule is CCCCCCCCCCCCCCCCCCNCCC(N)CC. The number of hydrogen-bond donors (Lipinski definition) is 2. The molecule has 0 saturated carbocycles. The van der Waals surface area contributed by atoms with Crippen molar-refractivity contribution in [2.45, 2.75) is 135 Å². The molecule has 25 heavy (non-hydrogen) atoms. The average Bonchev–Trinajstić information content (AvgIpc) is 2.63. The quantitative estimate of drug-likeness (QED) is 0.218. The van der Waals surface area contributed by atoms with Crippen LogP contribution in [0.25, 0.3) is 0 Å². The molecule has 0 rings (SSSR count). The van der Waals surface area contributed by atoms with Gasteiger partial charge < -0.3 is 11.1 Å². The Labute approximate surface area is 160 Å². The standard InChI is InChI=1S/C23H50N2/c1-3-5-6-7-8-9-10-11-12-13-14-15-16-17-18-19-21-25-22-20-23(24)4-2/h23,25H,3-22,24H2,1-2H3. The summed E-state index contributed by atoms with van der Waals surface area (Å²) in [7, 11) is 0. The summed E-state index contributed by atoms with van der Waals surface area (Å²) in [6.45, 7) is 6.73. The van der Waals surface area contributed by atoms with E-state index in [0.29, 0.717) is 6.04 Å². The van der Waals surface area contributed by atoms with Gasteiger partial charge in [-0.2, -0.15) is 0 Å². The Hall–Kier alpha value is -0.0800. The second-order valence-electron chi connectivity index (χ2n) is 8.01. The van der Waals surface area contributed by atoms with Crippen LogP contribution in [-0.4, -0.2) is 19.1 Å². The predicted molar refractivity (Wildman–Crippen MR) is 115 cm³/mol. The zero-order valence-corrected chi connectivity index (χ0v) is 17.8. The van der Waals surface area contributed by atoms with E-state index in [-0.39, 0.29) is 0 Å². The zero-order chi connectivity index (χ0) is 18.4. The first-order valence-corrected chi connectivity index (χ1v) is 11.8. The average molecular weight is 355 g/mol. The Balaban J connectivity index is 2.98. The van der Waals surface area contributed by atoms with Crippen molar-refractivity contribution in [1.29, 1.82) is 0 Å². The third-order valence-electron chi connectivity index (χ3n) is 5.42. The highest BCUT2D eigenvalue weighted by Crippen LogP contribution is 2.13. The first-order valence-electron chi connectivity index (χ1n) is 11.8. The highest BCUT2D eigenvalue weighted by atomic mass is 14.8. The van der Waals surface area contributed by atoms with E-state index in [4.69, 9.17) is 5.73 Å². The Kier molecular flexibility index (Phi) is 21.9. The first kappa shape index (κ1) is 24.9. The van der Waals surface area contributed by atoms with Gasteiger partial charge in [0.05, 0.1) is 0 Å². The van der Waals surface area contributed by atoms with Crippen LogP contribution >= 0.6 is 0 Å². The molecule has 0 aliphatic heterocycles. The maximum absolute atomic E-state index is 5.91. The van der Waals surface area contributed by atoms with E-state index >= 15 is 0 Å². The molecule has 3 N–H and O–H groups in total. The molecular weight excluding hydrogens is 304 g/mol. The lowest BCUT2D eigenvalue weighted by Gasteiger charge is -2.09. The summed E-state index contributed by atoms with van der Waals surface area (Å²) in [5, 5.41) is 3.52. The predicted octanol–water partition coefficient (Wildman–Crippen LogP) is 6.96. The van der Waals surface area contributed by atoms with E-state index < -0.39 is 0 Å². The van der Waals surface area contributed by atoms with E-state index in [9.17, 15) is 0 Å². The summed E-state index contributed by atoms with van der Waals surface area (Å²) < 4.78 is 0. The fourth-order valence-electron chi connectivity index (χ4n) is 3.41. The van der Waals surface area contributed by atoms with Crippen molar-refractivity contribution in [2.24, 2.45) is 5.73 Å². The summed E-state index contributed by atoms with van der Waals surface area (Å²) >= 11 is 0. The maximum atomic E-state index is 5.91. The minimum Gasteiger partial charge on any atom is -0.328 e. The van der Waals surface area contributed by atoms with Gasteiger partial charge >= 0.3 is 0 Å². The van der Waals surface area contributed by atoms with Crippen LogP contribution in [-0.2, 0) is 0 Å². The largest absolute Gasteiger partial charge is 0.328 e. The molecule has 152 valence electrons. The van der Waals surface area contributed by atoms with Crippen molar-refractivity contribution in [3.05, 3.63) is 0 Å². The molecule has 0 aromatic carbocycles. The highest BCUT2D eigenvalue weighted by Gasteiger charge is 1.98. The monoisotopic (exact) mass is 354 g/mol. The molecule has 0 bridgehead atoms. The van der Waals surface area contributed by atoms with E-state index in [2.05, 4.69) is 19.2 Å². The van der Waals surface area contributed by atoms with Crippen molar-refractivity contribution in [3.8, 4) is 0 Å². The Morgan fingerprint density at radius 2 is 0.960 bits per heavy atom. The van der Waals surface area contributed by atoms with Crippen LogP contribution in [0.5, 0.6) is 0 Å². The molecule has 0 aliphatic rings. The van der Waals surface area contributed by atoms with Crippen molar-refractivity contribution < 1.29 is 0 Å². The van der Waals surface area contributed by atoms with Gasteiger partial charge in [-0.3, -0.25) is 0 Å². The van der Waals surface area contributed by atoms with Gasteiger partial charge in [-0.25, -0.2) is 0 Å². The molecule has 0 spiro atoms. The van der Waals surface area contributed by atoms with Gasteiger partial charge in [0.25, 0.3) is 0 Å². The van der Waals surface area contributed by atoms with Crippen molar-refractivity contribution in [2.75, 3.05) is 13.1 Å². The third kappa shape index (κ3) is 21.9. The van der Waals surface area contributed by atoms with Crippen LogP contribution in [0, 0.1) is 0 Å². The minimum atomic E-state index is 0.387. The summed E-state index contributed by atoms with van der Waals surface area (Å²) in [5.41, 5.74) is 5.91. The summed E-state index contributed by atoms with van der Waals surface area (Å²) in [5.74, 6) is 0. The lowest BCUT2D eigenvalue weighted by molar-refractivity contribution is 0.515. The van der Waals surface area contributed by atoms with Crippen LogP contribution < -0.4 is 11.1 Å². The molecule has 0 heterocycles. The van der Waals surface area contributed by atoms with Crippen LogP contribution in [0.3, 0.4) is 0 Å². The van der Waals surface area contributed by atoms with Gasteiger partial charge in [-0.05, 0) is 32.4 Å². The molecule has 0 aromatic rings. The topological polar surface area (TPSA) is 38.0 Å². The molecular formula is C23H50N2. The van der Waals surface area contributed by atoms with Crippen LogP contribution in [0.1, 0.15) is 129 Å². The number of hydrogen-bond acceptors (Lipinski definition) is 2. The summed E-state index contributed by atoms with van der Waals surface area (Å²) in [4.78, 5) is 0. The molecule has 2 nitrogen and oxygen atoms in total. The molecule has 0 fully saturated rings. The molecule has 0 aliphatic carbocycles. The number of nitrogens with two attached hydrogens (primary N) is 1. The molecule has 1 unspecified atom stereocenters. The van der Waals surface area contributed by atoms with Crippen molar-refractivity contribution in [1.82, 2.24) is 5.32 Å². The van der Waals surface area contributed by atoms with Gasteiger partial charge in [0.1, 0.15) is 0 Å². The molecule has 0 saturated heterocycles. The Bertz CT molecular complexity index is 230. The van der Waals surface area contributed by atoms with E-state index in [0.717, 1.165) is 19.4 Å². The zero-order valence-electron chi connectivity index (χ0n) is 17.8. The smallest absolute Gasteiger partial charge is 0.00482 e. The molecule has 0 aromatic heterocycles. The Morgan fingerprint density at radius 1 is 0.560 bits per heavy atom. The molecule has 1 atom stereocenters. The van der Waals surface area contributed by atoms with Gasteiger partial charge in [-0.15, -0.1) is 0 Å². The number of nitrogens with one attached hydrogen (secondary N) is 1. The van der Waals surface area contributed by atoms with Crippen LogP contribution in [0.2, 0.25) is 0 Å². The van der Waals surface area contributed by atoms with E-state index in [1.54, 1.807) is 0 Å². The van der Waals surface area contributed by atoms with Gasteiger partial charge in [0, 0.05) is 6.04 Å². The number of rotatable bonds is 21. The van der Waals surface area contributed by atoms with Crippen molar-refractivity contribution >= 4 is 0 Å². The van der Waals surface area contributed by atoms with E-state index in [1.807, 2.05) is 0 Å². The molecule has 0 amide bonds. The normalized spacial score (nSPS) is 12.6. The third-order valence-corrected chi connectivity index (χ3v) is 5.42. The Morgan fingerprint density at radius 3 is 1.36 bits per heavy atom. The second kappa shape index (κ2) is 22.0. The first-order chi connectivity index (χ1) is 12.3. The van der Waals surface area contributed by atoms with E-state index in [1.165, 1.54) is 109 Å².